The Bertz CT molecular complexity index is 178. The molecule has 0 aliphatic rings. The first-order valence-corrected chi connectivity index (χ1v) is 4.65. The minimum absolute atomic E-state index is 0.503. The molecule has 0 unspecified atom stereocenters. The van der Waals surface area contributed by atoms with Crippen molar-refractivity contribution < 1.29 is 0 Å². The molecule has 0 aliphatic heterocycles. The van der Waals surface area contributed by atoms with Crippen LogP contribution in [0.15, 0.2) is 10.2 Å². The van der Waals surface area contributed by atoms with E-state index < -0.39 is 0 Å². The van der Waals surface area contributed by atoms with E-state index >= 15 is 0 Å². The summed E-state index contributed by atoms with van der Waals surface area (Å²) in [6.45, 7) is 10.5. The van der Waals surface area contributed by atoms with E-state index in [4.69, 9.17) is 0 Å². The van der Waals surface area contributed by atoms with Gasteiger partial charge in [-0.1, -0.05) is 27.2 Å². The Morgan fingerprint density at radius 1 is 1.17 bits per heavy atom. The summed E-state index contributed by atoms with van der Waals surface area (Å²) in [5.74, 6) is 0.503. The van der Waals surface area contributed by atoms with Crippen molar-refractivity contribution in [2.45, 2.75) is 47.5 Å². The second-order valence-corrected chi connectivity index (χ2v) is 3.48. The van der Waals surface area contributed by atoms with Crippen LogP contribution in [0, 0.1) is 5.92 Å². The number of nitrogens with zero attached hydrogens (tertiary/aromatic N) is 2. The molecule has 0 saturated carbocycles. The fourth-order valence-corrected chi connectivity index (χ4v) is 0.691. The second-order valence-electron chi connectivity index (χ2n) is 3.48. The molecule has 0 heterocycles. The second kappa shape index (κ2) is 5.92. The molecule has 0 rings (SSSR count). The van der Waals surface area contributed by atoms with Crippen molar-refractivity contribution in [1.82, 2.24) is 0 Å². The van der Waals surface area contributed by atoms with Gasteiger partial charge in [0, 0.05) is 11.4 Å². The highest BCUT2D eigenvalue weighted by atomic mass is 15.2. The molecule has 0 aromatic carbocycles. The number of hydrogen-bond donors (Lipinski definition) is 0. The Balaban J connectivity index is 4.08. The predicted octanol–water partition coefficient (Wildman–Crippen LogP) is 3.28. The molecule has 70 valence electrons. The Kier molecular flexibility index (Phi) is 5.60. The maximum atomic E-state index is 4.15. The van der Waals surface area contributed by atoms with Crippen molar-refractivity contribution in [3.63, 3.8) is 0 Å². The van der Waals surface area contributed by atoms with E-state index in [1.807, 2.05) is 13.8 Å². The van der Waals surface area contributed by atoms with Crippen molar-refractivity contribution in [3.05, 3.63) is 0 Å². The topological polar surface area (TPSA) is 24.7 Å². The summed E-state index contributed by atoms with van der Waals surface area (Å²) in [4.78, 5) is 0. The molecule has 0 radical (unpaired) electrons. The van der Waals surface area contributed by atoms with Crippen LogP contribution in [0.1, 0.15) is 47.5 Å². The van der Waals surface area contributed by atoms with Crippen molar-refractivity contribution in [2.75, 3.05) is 0 Å². The quantitative estimate of drug-likeness (QED) is 0.454. The summed E-state index contributed by atoms with van der Waals surface area (Å²) in [6.07, 6.45) is 2.19. The van der Waals surface area contributed by atoms with E-state index in [1.54, 1.807) is 0 Å². The zero-order chi connectivity index (χ0) is 9.56. The molecule has 12 heavy (non-hydrogen) atoms. The molecule has 0 bridgehead atoms. The van der Waals surface area contributed by atoms with Crippen LogP contribution in [-0.2, 0) is 0 Å². The SMILES string of the molecule is CCC/C(C)=N\N=C(/C)C(C)C. The Morgan fingerprint density at radius 3 is 2.17 bits per heavy atom. The molecular formula is C10H20N2. The molecule has 0 saturated heterocycles. The molecule has 0 atom stereocenters. The van der Waals surface area contributed by atoms with Gasteiger partial charge >= 0.3 is 0 Å². The van der Waals surface area contributed by atoms with Crippen LogP contribution in [0.25, 0.3) is 0 Å². The summed E-state index contributed by atoms with van der Waals surface area (Å²) in [5.41, 5.74) is 2.22. The highest BCUT2D eigenvalue weighted by molar-refractivity contribution is 5.86. The monoisotopic (exact) mass is 168 g/mol. The predicted molar refractivity (Wildman–Crippen MR) is 56.0 cm³/mol. The van der Waals surface area contributed by atoms with Crippen LogP contribution in [0.3, 0.4) is 0 Å². The minimum Gasteiger partial charge on any atom is -0.160 e. The first-order chi connectivity index (χ1) is 5.57. The lowest BCUT2D eigenvalue weighted by Gasteiger charge is -2.00. The molecule has 0 aliphatic carbocycles. The molecule has 0 fully saturated rings. The van der Waals surface area contributed by atoms with E-state index in [0.29, 0.717) is 5.92 Å². The maximum absolute atomic E-state index is 4.15. The lowest BCUT2D eigenvalue weighted by molar-refractivity contribution is 0.867. The zero-order valence-electron chi connectivity index (χ0n) is 8.89. The summed E-state index contributed by atoms with van der Waals surface area (Å²) < 4.78 is 0. The van der Waals surface area contributed by atoms with Gasteiger partial charge in [-0.25, -0.2) is 0 Å². The highest BCUT2D eigenvalue weighted by Crippen LogP contribution is 1.98. The fraction of sp³-hybridized carbons (Fsp3) is 0.800. The van der Waals surface area contributed by atoms with Crippen molar-refractivity contribution in [2.24, 2.45) is 16.1 Å². The van der Waals surface area contributed by atoms with Crippen LogP contribution >= 0.6 is 0 Å². The van der Waals surface area contributed by atoms with Gasteiger partial charge in [-0.2, -0.15) is 10.2 Å². The Morgan fingerprint density at radius 2 is 1.75 bits per heavy atom. The average Bonchev–Trinajstić information content (AvgIpc) is 2.00. The molecule has 0 N–H and O–H groups in total. The Labute approximate surface area is 75.8 Å². The van der Waals surface area contributed by atoms with Crippen LogP contribution in [0.2, 0.25) is 0 Å². The first-order valence-electron chi connectivity index (χ1n) is 4.65. The van der Waals surface area contributed by atoms with Gasteiger partial charge in [-0.15, -0.1) is 0 Å². The van der Waals surface area contributed by atoms with E-state index in [9.17, 15) is 0 Å². The third-order valence-electron chi connectivity index (χ3n) is 1.83. The smallest absolute Gasteiger partial charge is 0.0400 e. The van der Waals surface area contributed by atoms with Gasteiger partial charge < -0.3 is 0 Å². The van der Waals surface area contributed by atoms with Gasteiger partial charge in [0.05, 0.1) is 0 Å². The van der Waals surface area contributed by atoms with Crippen LogP contribution in [0.4, 0.5) is 0 Å². The van der Waals surface area contributed by atoms with Crippen LogP contribution < -0.4 is 0 Å². The summed E-state index contributed by atoms with van der Waals surface area (Å²) in [7, 11) is 0. The highest BCUT2D eigenvalue weighted by Gasteiger charge is 1.96. The summed E-state index contributed by atoms with van der Waals surface area (Å²) in [5, 5.41) is 8.29. The molecule has 0 aromatic heterocycles. The molecule has 0 spiro atoms. The van der Waals surface area contributed by atoms with Crippen molar-refractivity contribution in [3.8, 4) is 0 Å². The maximum Gasteiger partial charge on any atom is 0.0400 e. The zero-order valence-corrected chi connectivity index (χ0v) is 8.89. The molecule has 0 amide bonds. The van der Waals surface area contributed by atoms with Gasteiger partial charge in [-0.3, -0.25) is 0 Å². The normalized spacial score (nSPS) is 14.2. The molecule has 0 aromatic rings. The first kappa shape index (κ1) is 11.3. The lowest BCUT2D eigenvalue weighted by atomic mass is 10.1. The third kappa shape index (κ3) is 5.05. The molecule has 2 heteroatoms. The standard InChI is InChI=1S/C10H20N2/c1-6-7-9(4)11-12-10(5)8(2)3/h8H,6-7H2,1-5H3/b11-9-,12-10+. The van der Waals surface area contributed by atoms with Crippen molar-refractivity contribution >= 4 is 11.4 Å². The van der Waals surface area contributed by atoms with Gasteiger partial charge in [0.2, 0.25) is 0 Å². The van der Waals surface area contributed by atoms with E-state index in [0.717, 1.165) is 24.3 Å². The third-order valence-corrected chi connectivity index (χ3v) is 1.83. The number of hydrogen-bond acceptors (Lipinski definition) is 2. The lowest BCUT2D eigenvalue weighted by Crippen LogP contribution is -2.01. The van der Waals surface area contributed by atoms with E-state index in [2.05, 4.69) is 31.0 Å². The molecular weight excluding hydrogens is 148 g/mol. The fourth-order valence-electron chi connectivity index (χ4n) is 0.691. The van der Waals surface area contributed by atoms with Gasteiger partial charge in [0.15, 0.2) is 0 Å². The van der Waals surface area contributed by atoms with Gasteiger partial charge in [0.25, 0.3) is 0 Å². The van der Waals surface area contributed by atoms with Crippen LogP contribution in [0.5, 0.6) is 0 Å². The molecule has 2 nitrogen and oxygen atoms in total. The number of rotatable bonds is 4. The minimum atomic E-state index is 0.503. The van der Waals surface area contributed by atoms with Crippen LogP contribution in [-0.4, -0.2) is 11.4 Å². The average molecular weight is 168 g/mol. The van der Waals surface area contributed by atoms with Gasteiger partial charge in [0.1, 0.15) is 0 Å². The summed E-state index contributed by atoms with van der Waals surface area (Å²) >= 11 is 0. The van der Waals surface area contributed by atoms with E-state index in [-0.39, 0.29) is 0 Å². The summed E-state index contributed by atoms with van der Waals surface area (Å²) in [6, 6.07) is 0. The van der Waals surface area contributed by atoms with Crippen molar-refractivity contribution in [1.29, 1.82) is 0 Å². The Hall–Kier alpha value is -0.660. The van der Waals surface area contributed by atoms with Gasteiger partial charge in [-0.05, 0) is 26.2 Å². The van der Waals surface area contributed by atoms with E-state index in [1.165, 1.54) is 0 Å². The largest absolute Gasteiger partial charge is 0.160 e.